The molecule has 0 bridgehead atoms. The van der Waals surface area contributed by atoms with Crippen LogP contribution >= 0.6 is 0 Å². The zero-order chi connectivity index (χ0) is 12.3. The maximum Gasteiger partial charge on any atom is 0.417 e. The van der Waals surface area contributed by atoms with Crippen LogP contribution in [-0.2, 0) is 11.0 Å². The van der Waals surface area contributed by atoms with E-state index in [4.69, 9.17) is 5.11 Å². The van der Waals surface area contributed by atoms with Gasteiger partial charge in [0.2, 0.25) is 0 Å². The third-order valence-electron chi connectivity index (χ3n) is 1.75. The molecule has 0 amide bonds. The van der Waals surface area contributed by atoms with E-state index in [-0.39, 0.29) is 0 Å². The van der Waals surface area contributed by atoms with Crippen LogP contribution in [0, 0.1) is 5.82 Å². The number of aliphatic carboxylic acids is 1. The number of carboxylic acid groups (broad SMARTS) is 1. The fourth-order valence-electron chi connectivity index (χ4n) is 1.11. The van der Waals surface area contributed by atoms with Gasteiger partial charge in [-0.1, -0.05) is 6.07 Å². The highest BCUT2D eigenvalue weighted by molar-refractivity contribution is 5.85. The number of hydrogen-bond donors (Lipinski definition) is 1. The highest BCUT2D eigenvalue weighted by Gasteiger charge is 2.33. The second-order valence-electron chi connectivity index (χ2n) is 2.87. The van der Waals surface area contributed by atoms with Gasteiger partial charge in [0, 0.05) is 11.6 Å². The van der Waals surface area contributed by atoms with Gasteiger partial charge in [0.05, 0.1) is 5.56 Å². The summed E-state index contributed by atoms with van der Waals surface area (Å²) in [7, 11) is 0. The zero-order valence-electron chi connectivity index (χ0n) is 7.75. The van der Waals surface area contributed by atoms with Crippen LogP contribution in [0.25, 0.3) is 6.08 Å². The van der Waals surface area contributed by atoms with Crippen LogP contribution in [0.5, 0.6) is 0 Å². The van der Waals surface area contributed by atoms with Crippen molar-refractivity contribution in [3.63, 3.8) is 0 Å². The lowest BCUT2D eigenvalue weighted by atomic mass is 10.1. The summed E-state index contributed by atoms with van der Waals surface area (Å²) in [6.07, 6.45) is -3.69. The Bertz CT molecular complexity index is 435. The average Bonchev–Trinajstić information content (AvgIpc) is 2.13. The highest BCUT2D eigenvalue weighted by Crippen LogP contribution is 2.33. The molecule has 0 aliphatic heterocycles. The molecule has 86 valence electrons. The molecule has 6 heteroatoms. The van der Waals surface area contributed by atoms with Crippen molar-refractivity contribution in [3.8, 4) is 0 Å². The molecule has 0 atom stereocenters. The van der Waals surface area contributed by atoms with Gasteiger partial charge in [-0.15, -0.1) is 0 Å². The van der Waals surface area contributed by atoms with Crippen molar-refractivity contribution in [3.05, 3.63) is 41.2 Å². The van der Waals surface area contributed by atoms with Crippen LogP contribution < -0.4 is 0 Å². The lowest BCUT2D eigenvalue weighted by Gasteiger charge is -2.10. The van der Waals surface area contributed by atoms with Crippen LogP contribution in [0.1, 0.15) is 11.1 Å². The molecule has 1 rings (SSSR count). The van der Waals surface area contributed by atoms with E-state index in [1.807, 2.05) is 0 Å². The summed E-state index contributed by atoms with van der Waals surface area (Å²) in [6.45, 7) is 0. The maximum atomic E-state index is 13.1. The fraction of sp³-hybridized carbons (Fsp3) is 0.100. The molecule has 0 aromatic heterocycles. The van der Waals surface area contributed by atoms with Crippen molar-refractivity contribution < 1.29 is 27.5 Å². The summed E-state index contributed by atoms with van der Waals surface area (Å²) < 4.78 is 50.3. The Labute approximate surface area is 87.8 Å². The Morgan fingerprint density at radius 3 is 2.44 bits per heavy atom. The summed E-state index contributed by atoms with van der Waals surface area (Å²) in [5.74, 6) is -2.57. The smallest absolute Gasteiger partial charge is 0.417 e. The molecule has 1 aromatic carbocycles. The van der Waals surface area contributed by atoms with E-state index in [1.54, 1.807) is 0 Å². The molecule has 0 aliphatic carbocycles. The van der Waals surface area contributed by atoms with Crippen molar-refractivity contribution in [1.29, 1.82) is 0 Å². The van der Waals surface area contributed by atoms with Gasteiger partial charge in [-0.25, -0.2) is 9.18 Å². The largest absolute Gasteiger partial charge is 0.478 e. The second kappa shape index (κ2) is 4.34. The first-order chi connectivity index (χ1) is 7.32. The first-order valence-electron chi connectivity index (χ1n) is 4.09. The molecule has 0 spiro atoms. The molecule has 2 nitrogen and oxygen atoms in total. The molecule has 16 heavy (non-hydrogen) atoms. The molecule has 0 fully saturated rings. The van der Waals surface area contributed by atoms with E-state index in [1.165, 1.54) is 0 Å². The van der Waals surface area contributed by atoms with Crippen LogP contribution in [0.2, 0.25) is 0 Å². The van der Waals surface area contributed by atoms with Gasteiger partial charge < -0.3 is 5.11 Å². The first kappa shape index (κ1) is 12.2. The average molecular weight is 234 g/mol. The van der Waals surface area contributed by atoms with E-state index >= 15 is 0 Å². The van der Waals surface area contributed by atoms with Gasteiger partial charge in [0.1, 0.15) is 5.82 Å². The summed E-state index contributed by atoms with van der Waals surface area (Å²) in [5, 5.41) is 8.27. The van der Waals surface area contributed by atoms with Crippen molar-refractivity contribution in [2.24, 2.45) is 0 Å². The van der Waals surface area contributed by atoms with Gasteiger partial charge in [-0.05, 0) is 18.2 Å². The number of benzene rings is 1. The number of halogens is 4. The Morgan fingerprint density at radius 2 is 1.94 bits per heavy atom. The van der Waals surface area contributed by atoms with Crippen LogP contribution in [0.4, 0.5) is 17.6 Å². The van der Waals surface area contributed by atoms with E-state index in [2.05, 4.69) is 0 Å². The quantitative estimate of drug-likeness (QED) is 0.631. The molecule has 0 heterocycles. The topological polar surface area (TPSA) is 37.3 Å². The Balaban J connectivity index is 3.30. The molecule has 0 radical (unpaired) electrons. The normalized spacial score (nSPS) is 12.0. The molecule has 0 saturated heterocycles. The van der Waals surface area contributed by atoms with E-state index in [0.29, 0.717) is 18.2 Å². The summed E-state index contributed by atoms with van der Waals surface area (Å²) >= 11 is 0. The minimum absolute atomic E-state index is 0.452. The zero-order valence-corrected chi connectivity index (χ0v) is 7.75. The van der Waals surface area contributed by atoms with E-state index in [9.17, 15) is 22.4 Å². The lowest BCUT2D eigenvalue weighted by Crippen LogP contribution is -2.08. The van der Waals surface area contributed by atoms with Gasteiger partial charge in [-0.2, -0.15) is 13.2 Å². The Kier molecular flexibility index (Phi) is 3.31. The Morgan fingerprint density at radius 1 is 1.31 bits per heavy atom. The fourth-order valence-corrected chi connectivity index (χ4v) is 1.11. The molecule has 1 aromatic rings. The van der Waals surface area contributed by atoms with Crippen molar-refractivity contribution in [1.82, 2.24) is 0 Å². The first-order valence-corrected chi connectivity index (χ1v) is 4.09. The molecule has 0 saturated carbocycles. The van der Waals surface area contributed by atoms with E-state index in [0.717, 1.165) is 12.1 Å². The van der Waals surface area contributed by atoms with Crippen molar-refractivity contribution in [2.45, 2.75) is 6.18 Å². The molecule has 0 aliphatic rings. The third-order valence-corrected chi connectivity index (χ3v) is 1.75. The summed E-state index contributed by atoms with van der Waals surface area (Å²) in [5.41, 5.74) is -1.98. The van der Waals surface area contributed by atoms with Gasteiger partial charge >= 0.3 is 12.1 Å². The minimum atomic E-state index is -4.72. The number of carboxylic acids is 1. The number of carbonyl (C=O) groups is 1. The Hall–Kier alpha value is -1.85. The van der Waals surface area contributed by atoms with Crippen LogP contribution in [0.15, 0.2) is 24.3 Å². The molecular weight excluding hydrogens is 228 g/mol. The van der Waals surface area contributed by atoms with Crippen LogP contribution in [0.3, 0.4) is 0 Å². The third kappa shape index (κ3) is 2.82. The predicted octanol–water partition coefficient (Wildman–Crippen LogP) is 2.94. The maximum absolute atomic E-state index is 13.1. The molecule has 0 unspecified atom stereocenters. The van der Waals surface area contributed by atoms with Crippen molar-refractivity contribution >= 4 is 12.0 Å². The van der Waals surface area contributed by atoms with Crippen molar-refractivity contribution in [2.75, 3.05) is 0 Å². The van der Waals surface area contributed by atoms with Gasteiger partial charge in [0.25, 0.3) is 0 Å². The number of rotatable bonds is 2. The monoisotopic (exact) mass is 234 g/mol. The lowest BCUT2D eigenvalue weighted by molar-refractivity contribution is -0.138. The predicted molar refractivity (Wildman–Crippen MR) is 48.1 cm³/mol. The van der Waals surface area contributed by atoms with Gasteiger partial charge in [-0.3, -0.25) is 0 Å². The van der Waals surface area contributed by atoms with E-state index < -0.39 is 29.1 Å². The molecular formula is C10H6F4O2. The highest BCUT2D eigenvalue weighted by atomic mass is 19.4. The van der Waals surface area contributed by atoms with Gasteiger partial charge in [0.15, 0.2) is 0 Å². The summed E-state index contributed by atoms with van der Waals surface area (Å²) in [6, 6.07) is 2.43. The minimum Gasteiger partial charge on any atom is -0.478 e. The second-order valence-corrected chi connectivity index (χ2v) is 2.87. The standard InChI is InChI=1S/C10H6F4O2/c11-8-3-1-2-7(10(12,13)14)6(8)4-5-9(15)16/h1-5H,(H,15,16). The SMILES string of the molecule is O=C(O)C=Cc1c(F)cccc1C(F)(F)F. The summed E-state index contributed by atoms with van der Waals surface area (Å²) in [4.78, 5) is 10.2. The van der Waals surface area contributed by atoms with Crippen LogP contribution in [-0.4, -0.2) is 11.1 Å². The molecule has 1 N–H and O–H groups in total. The number of alkyl halides is 3. The number of hydrogen-bond acceptors (Lipinski definition) is 1.